The fraction of sp³-hybridized carbons (Fsp3) is 0.316. The van der Waals surface area contributed by atoms with E-state index in [9.17, 15) is 20.0 Å². The number of aliphatic hydroxyl groups excluding tert-OH is 1. The fourth-order valence-electron chi connectivity index (χ4n) is 3.32. The fourth-order valence-corrected chi connectivity index (χ4v) is 3.32. The summed E-state index contributed by atoms with van der Waals surface area (Å²) >= 11 is 0. The Balaban J connectivity index is 1.66. The van der Waals surface area contributed by atoms with Crippen LogP contribution in [0.15, 0.2) is 54.6 Å². The molecule has 1 N–H and O–H groups in total. The highest BCUT2D eigenvalue weighted by molar-refractivity contribution is 5.98. The van der Waals surface area contributed by atoms with Crippen molar-refractivity contribution in [1.29, 1.82) is 0 Å². The molecule has 2 aromatic rings. The number of aliphatic hydroxyl groups is 1. The lowest BCUT2D eigenvalue weighted by Crippen LogP contribution is -2.40. The van der Waals surface area contributed by atoms with Crippen molar-refractivity contribution in [3.63, 3.8) is 0 Å². The third-order valence-corrected chi connectivity index (χ3v) is 4.75. The first-order valence-corrected chi connectivity index (χ1v) is 8.33. The normalized spacial score (nSPS) is 16.4. The molecule has 1 unspecified atom stereocenters. The molecule has 0 bridgehead atoms. The second-order valence-corrected chi connectivity index (χ2v) is 6.26. The number of carbonyl (C=O) groups excluding carboxylic acids is 1. The van der Waals surface area contributed by atoms with E-state index in [1.807, 2.05) is 30.3 Å². The topological polar surface area (TPSA) is 83.7 Å². The summed E-state index contributed by atoms with van der Waals surface area (Å²) in [6.45, 7) is 0.971. The van der Waals surface area contributed by atoms with Gasteiger partial charge in [0.25, 0.3) is 11.6 Å². The Morgan fingerprint density at radius 3 is 2.32 bits per heavy atom. The molecular weight excluding hydrogens is 320 g/mol. The van der Waals surface area contributed by atoms with Crippen molar-refractivity contribution in [2.75, 3.05) is 13.1 Å². The van der Waals surface area contributed by atoms with Gasteiger partial charge in [-0.05, 0) is 30.4 Å². The van der Waals surface area contributed by atoms with Crippen LogP contribution in [0, 0.1) is 16.0 Å². The first-order valence-electron chi connectivity index (χ1n) is 8.33. The predicted octanol–water partition coefficient (Wildman–Crippen LogP) is 3.18. The zero-order valence-corrected chi connectivity index (χ0v) is 13.7. The van der Waals surface area contributed by atoms with E-state index in [2.05, 4.69) is 0 Å². The van der Waals surface area contributed by atoms with Crippen LogP contribution in [0.5, 0.6) is 0 Å². The summed E-state index contributed by atoms with van der Waals surface area (Å²) in [5.74, 6) is -0.239. The molecule has 25 heavy (non-hydrogen) atoms. The Morgan fingerprint density at radius 2 is 1.68 bits per heavy atom. The Morgan fingerprint density at radius 1 is 1.08 bits per heavy atom. The molecule has 6 nitrogen and oxygen atoms in total. The Bertz CT molecular complexity index is 755. The third-order valence-electron chi connectivity index (χ3n) is 4.75. The minimum absolute atomic E-state index is 0.0807. The van der Waals surface area contributed by atoms with Gasteiger partial charge in [-0.25, -0.2) is 0 Å². The molecule has 0 saturated carbocycles. The molecule has 3 rings (SSSR count). The minimum Gasteiger partial charge on any atom is -0.388 e. The third kappa shape index (κ3) is 3.69. The Kier molecular flexibility index (Phi) is 5.09. The molecule has 0 aliphatic carbocycles. The van der Waals surface area contributed by atoms with Crippen molar-refractivity contribution >= 4 is 11.6 Å². The standard InChI is InChI=1S/C19H20N2O4/c22-18(14-6-2-1-3-7-14)15-10-12-20(13-11-15)19(23)16-8-4-5-9-17(16)21(24)25/h1-9,15,18,22H,10-13H2. The van der Waals surface area contributed by atoms with E-state index in [0.29, 0.717) is 25.9 Å². The number of nitrogens with zero attached hydrogens (tertiary/aromatic N) is 2. The number of nitro groups is 1. The van der Waals surface area contributed by atoms with E-state index < -0.39 is 11.0 Å². The number of amides is 1. The molecule has 0 spiro atoms. The van der Waals surface area contributed by atoms with Gasteiger partial charge >= 0.3 is 0 Å². The van der Waals surface area contributed by atoms with Crippen LogP contribution in [0.25, 0.3) is 0 Å². The van der Waals surface area contributed by atoms with Crippen molar-refractivity contribution < 1.29 is 14.8 Å². The maximum atomic E-state index is 12.6. The van der Waals surface area contributed by atoms with Crippen LogP contribution in [0.3, 0.4) is 0 Å². The Labute approximate surface area is 145 Å². The van der Waals surface area contributed by atoms with E-state index in [0.717, 1.165) is 5.56 Å². The summed E-state index contributed by atoms with van der Waals surface area (Å²) in [4.78, 5) is 24.8. The van der Waals surface area contributed by atoms with E-state index in [1.54, 1.807) is 17.0 Å². The van der Waals surface area contributed by atoms with Crippen molar-refractivity contribution in [2.45, 2.75) is 18.9 Å². The first-order chi connectivity index (χ1) is 12.1. The van der Waals surface area contributed by atoms with Crippen LogP contribution in [0.2, 0.25) is 0 Å². The average Bonchev–Trinajstić information content (AvgIpc) is 2.67. The van der Waals surface area contributed by atoms with Gasteiger partial charge in [0.2, 0.25) is 0 Å². The van der Waals surface area contributed by atoms with E-state index in [4.69, 9.17) is 0 Å². The number of para-hydroxylation sites is 1. The van der Waals surface area contributed by atoms with Crippen molar-refractivity contribution in [3.05, 3.63) is 75.8 Å². The highest BCUT2D eigenvalue weighted by Gasteiger charge is 2.30. The molecule has 0 radical (unpaired) electrons. The lowest BCUT2D eigenvalue weighted by molar-refractivity contribution is -0.385. The molecule has 0 aromatic heterocycles. The van der Waals surface area contributed by atoms with Crippen molar-refractivity contribution in [2.24, 2.45) is 5.92 Å². The molecule has 1 atom stereocenters. The van der Waals surface area contributed by atoms with E-state index >= 15 is 0 Å². The number of benzene rings is 2. The number of hydrogen-bond acceptors (Lipinski definition) is 4. The second-order valence-electron chi connectivity index (χ2n) is 6.26. The minimum atomic E-state index is -0.551. The first kappa shape index (κ1) is 17.1. The maximum absolute atomic E-state index is 12.6. The van der Waals surface area contributed by atoms with Gasteiger partial charge in [0, 0.05) is 19.2 Å². The van der Waals surface area contributed by atoms with E-state index in [1.165, 1.54) is 12.1 Å². The van der Waals surface area contributed by atoms with Gasteiger partial charge in [-0.1, -0.05) is 42.5 Å². The average molecular weight is 340 g/mol. The van der Waals surface area contributed by atoms with Gasteiger partial charge in [-0.15, -0.1) is 0 Å². The van der Waals surface area contributed by atoms with Gasteiger partial charge in [0.1, 0.15) is 5.56 Å². The van der Waals surface area contributed by atoms with Crippen LogP contribution in [-0.4, -0.2) is 33.9 Å². The molecule has 6 heteroatoms. The highest BCUT2D eigenvalue weighted by Crippen LogP contribution is 2.31. The van der Waals surface area contributed by atoms with Gasteiger partial charge in [0.15, 0.2) is 0 Å². The molecule has 1 saturated heterocycles. The summed E-state index contributed by atoms with van der Waals surface area (Å²) in [6.07, 6.45) is 0.787. The Hall–Kier alpha value is -2.73. The number of likely N-dealkylation sites (tertiary alicyclic amines) is 1. The predicted molar refractivity (Wildman–Crippen MR) is 93.1 cm³/mol. The molecule has 2 aromatic carbocycles. The van der Waals surface area contributed by atoms with Gasteiger partial charge in [0.05, 0.1) is 11.0 Å². The molecule has 1 aliphatic rings. The maximum Gasteiger partial charge on any atom is 0.282 e. The molecule has 1 aliphatic heterocycles. The lowest BCUT2D eigenvalue weighted by atomic mass is 9.87. The van der Waals surface area contributed by atoms with Crippen molar-refractivity contribution in [1.82, 2.24) is 4.90 Å². The zero-order chi connectivity index (χ0) is 17.8. The highest BCUT2D eigenvalue weighted by atomic mass is 16.6. The quantitative estimate of drug-likeness (QED) is 0.684. The van der Waals surface area contributed by atoms with Crippen LogP contribution >= 0.6 is 0 Å². The molecule has 130 valence electrons. The van der Waals surface area contributed by atoms with E-state index in [-0.39, 0.29) is 23.1 Å². The van der Waals surface area contributed by atoms with Crippen LogP contribution in [0.4, 0.5) is 5.69 Å². The van der Waals surface area contributed by atoms with Gasteiger partial charge < -0.3 is 10.0 Å². The summed E-state index contributed by atoms with van der Waals surface area (Å²) in [5.41, 5.74) is 0.833. The van der Waals surface area contributed by atoms with Crippen LogP contribution in [-0.2, 0) is 0 Å². The monoisotopic (exact) mass is 340 g/mol. The second kappa shape index (κ2) is 7.44. The van der Waals surface area contributed by atoms with Crippen LogP contribution in [0.1, 0.15) is 34.9 Å². The van der Waals surface area contributed by atoms with Crippen LogP contribution < -0.4 is 0 Å². The molecule has 1 amide bonds. The van der Waals surface area contributed by atoms with Gasteiger partial charge in [-0.2, -0.15) is 0 Å². The summed E-state index contributed by atoms with van der Waals surface area (Å²) in [5, 5.41) is 21.6. The molecule has 1 heterocycles. The number of nitro benzene ring substituents is 1. The lowest BCUT2D eigenvalue weighted by Gasteiger charge is -2.34. The SMILES string of the molecule is O=C(c1ccccc1[N+](=O)[O-])N1CCC(C(O)c2ccccc2)CC1. The number of hydrogen-bond donors (Lipinski definition) is 1. The largest absolute Gasteiger partial charge is 0.388 e. The summed E-state index contributed by atoms with van der Waals surface area (Å²) in [6, 6.07) is 15.5. The summed E-state index contributed by atoms with van der Waals surface area (Å²) < 4.78 is 0. The van der Waals surface area contributed by atoms with Gasteiger partial charge in [-0.3, -0.25) is 14.9 Å². The molecular formula is C19H20N2O4. The summed E-state index contributed by atoms with van der Waals surface area (Å²) in [7, 11) is 0. The zero-order valence-electron chi connectivity index (χ0n) is 13.7. The number of rotatable bonds is 4. The smallest absolute Gasteiger partial charge is 0.282 e. The molecule has 1 fully saturated rings. The number of carbonyl (C=O) groups is 1. The van der Waals surface area contributed by atoms with Crippen molar-refractivity contribution in [3.8, 4) is 0 Å². The number of piperidine rings is 1.